The van der Waals surface area contributed by atoms with Crippen LogP contribution < -0.4 is 0 Å². The van der Waals surface area contributed by atoms with Crippen LogP contribution >= 0.6 is 8.58 Å². The highest BCUT2D eigenvalue weighted by atomic mass is 31.1. The topological polar surface area (TPSA) is 0 Å². The lowest BCUT2D eigenvalue weighted by Crippen LogP contribution is -1.81. The van der Waals surface area contributed by atoms with Gasteiger partial charge in [0.05, 0.1) is 0 Å². The molecule has 3 atom stereocenters. The van der Waals surface area contributed by atoms with Gasteiger partial charge in [0, 0.05) is 0 Å². The first-order chi connectivity index (χ1) is 3.29. The molecule has 0 N–H and O–H groups in total. The van der Waals surface area contributed by atoms with E-state index < -0.39 is 0 Å². The van der Waals surface area contributed by atoms with Gasteiger partial charge in [0.1, 0.15) is 0 Å². The maximum absolute atomic E-state index is 2.36. The molecule has 1 heteroatoms. The molecule has 0 spiro atoms. The first-order valence-electron chi connectivity index (χ1n) is 3.05. The molecule has 0 amide bonds. The molecule has 0 radical (unpaired) electrons. The number of hydrogen-bond acceptors (Lipinski definition) is 0. The Morgan fingerprint density at radius 3 is 1.71 bits per heavy atom. The smallest absolute Gasteiger partial charge is 0.0262 e. The van der Waals surface area contributed by atoms with Gasteiger partial charge in [-0.3, -0.25) is 0 Å². The van der Waals surface area contributed by atoms with Gasteiger partial charge in [-0.2, -0.15) is 0 Å². The molecular formula is C6H13P. The second kappa shape index (κ2) is 2.13. The molecule has 0 aliphatic carbocycles. The van der Waals surface area contributed by atoms with Crippen LogP contribution in [0.2, 0.25) is 0 Å². The summed E-state index contributed by atoms with van der Waals surface area (Å²) < 4.78 is 0. The van der Waals surface area contributed by atoms with Gasteiger partial charge in [-0.15, -0.1) is 8.58 Å². The summed E-state index contributed by atoms with van der Waals surface area (Å²) in [6.07, 6.45) is 2.97. The molecule has 0 bridgehead atoms. The molecule has 0 saturated carbocycles. The Labute approximate surface area is 47.5 Å². The van der Waals surface area contributed by atoms with E-state index in [4.69, 9.17) is 0 Å². The molecule has 1 heterocycles. The van der Waals surface area contributed by atoms with Crippen molar-refractivity contribution in [3.8, 4) is 0 Å². The minimum absolute atomic E-state index is 1.05. The molecule has 42 valence electrons. The van der Waals surface area contributed by atoms with Crippen molar-refractivity contribution in [2.24, 2.45) is 0 Å². The van der Waals surface area contributed by atoms with Gasteiger partial charge >= 0.3 is 0 Å². The number of rotatable bonds is 0. The fourth-order valence-electron chi connectivity index (χ4n) is 1.15. The summed E-state index contributed by atoms with van der Waals surface area (Å²) >= 11 is 0. The second-order valence-corrected chi connectivity index (χ2v) is 4.85. The molecule has 0 aromatic heterocycles. The normalized spacial score (nSPS) is 45.4. The summed E-state index contributed by atoms with van der Waals surface area (Å²) in [6.45, 7) is 4.73. The van der Waals surface area contributed by atoms with E-state index in [0.717, 1.165) is 11.3 Å². The van der Waals surface area contributed by atoms with Crippen LogP contribution in [-0.4, -0.2) is 11.3 Å². The molecule has 1 unspecified atom stereocenters. The second-order valence-electron chi connectivity index (χ2n) is 2.55. The Hall–Kier alpha value is 0.430. The zero-order chi connectivity index (χ0) is 5.28. The predicted molar refractivity (Wildman–Crippen MR) is 36.5 cm³/mol. The largest absolute Gasteiger partial charge is 0.116 e. The first kappa shape index (κ1) is 5.56. The monoisotopic (exact) mass is 116 g/mol. The van der Waals surface area contributed by atoms with Crippen LogP contribution in [0, 0.1) is 0 Å². The summed E-state index contributed by atoms with van der Waals surface area (Å²) in [4.78, 5) is 0. The molecular weight excluding hydrogens is 103 g/mol. The summed E-state index contributed by atoms with van der Waals surface area (Å²) in [5.74, 6) is 0. The van der Waals surface area contributed by atoms with Crippen LogP contribution in [0.5, 0.6) is 0 Å². The average molecular weight is 116 g/mol. The van der Waals surface area contributed by atoms with E-state index in [1.165, 1.54) is 21.4 Å². The van der Waals surface area contributed by atoms with Crippen LogP contribution in [0.4, 0.5) is 0 Å². The Balaban J connectivity index is 2.26. The Bertz CT molecular complexity index is 53.2. The molecule has 1 rings (SSSR count). The van der Waals surface area contributed by atoms with Crippen molar-refractivity contribution in [3.63, 3.8) is 0 Å². The average Bonchev–Trinajstić information content (AvgIpc) is 1.87. The van der Waals surface area contributed by atoms with E-state index in [1.54, 1.807) is 0 Å². The summed E-state index contributed by atoms with van der Waals surface area (Å²) in [5, 5.41) is 0. The molecule has 0 nitrogen and oxygen atoms in total. The summed E-state index contributed by atoms with van der Waals surface area (Å²) in [7, 11) is 1.26. The first-order valence-corrected chi connectivity index (χ1v) is 4.20. The minimum atomic E-state index is 1.05. The third-order valence-corrected chi connectivity index (χ3v) is 3.32. The van der Waals surface area contributed by atoms with Crippen LogP contribution in [0.15, 0.2) is 0 Å². The van der Waals surface area contributed by atoms with E-state index in [9.17, 15) is 0 Å². The quantitative estimate of drug-likeness (QED) is 0.426. The highest BCUT2D eigenvalue weighted by molar-refractivity contribution is 7.40. The van der Waals surface area contributed by atoms with E-state index in [2.05, 4.69) is 13.8 Å². The zero-order valence-electron chi connectivity index (χ0n) is 5.07. The van der Waals surface area contributed by atoms with E-state index in [0.29, 0.717) is 0 Å². The molecule has 0 aromatic rings. The van der Waals surface area contributed by atoms with Crippen molar-refractivity contribution in [2.45, 2.75) is 38.0 Å². The highest BCUT2D eigenvalue weighted by Gasteiger charge is 2.15. The van der Waals surface area contributed by atoms with Gasteiger partial charge in [-0.1, -0.05) is 13.8 Å². The third kappa shape index (κ3) is 1.42. The lowest BCUT2D eigenvalue weighted by Gasteiger charge is -1.97. The van der Waals surface area contributed by atoms with E-state index in [1.807, 2.05) is 0 Å². The molecule has 1 saturated heterocycles. The molecule has 1 aliphatic rings. The maximum atomic E-state index is 2.36. The van der Waals surface area contributed by atoms with E-state index in [-0.39, 0.29) is 0 Å². The van der Waals surface area contributed by atoms with Crippen molar-refractivity contribution in [1.29, 1.82) is 0 Å². The maximum Gasteiger partial charge on any atom is -0.0262 e. The van der Waals surface area contributed by atoms with Gasteiger partial charge in [-0.05, 0) is 24.2 Å². The standard InChI is InChI=1S/C6H13P/c1-5-3-4-6(2)7-5/h5-7H,3-4H2,1-2H3/t5-,6+. The predicted octanol–water partition coefficient (Wildman–Crippen LogP) is 2.24. The Kier molecular flexibility index (Phi) is 1.69. The Morgan fingerprint density at radius 2 is 1.57 bits per heavy atom. The van der Waals surface area contributed by atoms with Gasteiger partial charge in [0.25, 0.3) is 0 Å². The van der Waals surface area contributed by atoms with Gasteiger partial charge in [0.2, 0.25) is 0 Å². The van der Waals surface area contributed by atoms with Crippen molar-refractivity contribution < 1.29 is 0 Å². The fourth-order valence-corrected chi connectivity index (χ4v) is 2.79. The third-order valence-electron chi connectivity index (χ3n) is 1.60. The number of hydrogen-bond donors (Lipinski definition) is 0. The van der Waals surface area contributed by atoms with Crippen molar-refractivity contribution in [2.75, 3.05) is 0 Å². The van der Waals surface area contributed by atoms with Crippen LogP contribution in [0.3, 0.4) is 0 Å². The van der Waals surface area contributed by atoms with Crippen LogP contribution in [0.25, 0.3) is 0 Å². The lowest BCUT2D eigenvalue weighted by molar-refractivity contribution is 0.777. The molecule has 1 aliphatic heterocycles. The Morgan fingerprint density at radius 1 is 1.14 bits per heavy atom. The van der Waals surface area contributed by atoms with Crippen molar-refractivity contribution in [3.05, 3.63) is 0 Å². The zero-order valence-corrected chi connectivity index (χ0v) is 6.07. The molecule has 7 heavy (non-hydrogen) atoms. The fraction of sp³-hybridized carbons (Fsp3) is 1.00. The highest BCUT2D eigenvalue weighted by Crippen LogP contribution is 2.38. The summed E-state index contributed by atoms with van der Waals surface area (Å²) in [5.41, 5.74) is 2.10. The molecule has 1 fully saturated rings. The van der Waals surface area contributed by atoms with Gasteiger partial charge in [0.15, 0.2) is 0 Å². The van der Waals surface area contributed by atoms with Crippen molar-refractivity contribution in [1.82, 2.24) is 0 Å². The molecule has 0 aromatic carbocycles. The van der Waals surface area contributed by atoms with Gasteiger partial charge in [-0.25, -0.2) is 0 Å². The van der Waals surface area contributed by atoms with Crippen LogP contribution in [0.1, 0.15) is 26.7 Å². The minimum Gasteiger partial charge on any atom is -0.116 e. The van der Waals surface area contributed by atoms with E-state index >= 15 is 0 Å². The van der Waals surface area contributed by atoms with Gasteiger partial charge < -0.3 is 0 Å². The summed E-state index contributed by atoms with van der Waals surface area (Å²) in [6, 6.07) is 0. The van der Waals surface area contributed by atoms with Crippen molar-refractivity contribution >= 4 is 8.58 Å². The van der Waals surface area contributed by atoms with Crippen LogP contribution in [-0.2, 0) is 0 Å². The lowest BCUT2D eigenvalue weighted by atomic mass is 10.2. The SMILES string of the molecule is C[C@@H]1CC[C@H](C)P1.